The van der Waals surface area contributed by atoms with E-state index in [9.17, 15) is 4.39 Å². The lowest BCUT2D eigenvalue weighted by molar-refractivity contribution is 0.165. The quantitative estimate of drug-likeness (QED) is 0.248. The van der Waals surface area contributed by atoms with E-state index in [1.165, 1.54) is 94.7 Å². The van der Waals surface area contributed by atoms with Gasteiger partial charge in [0, 0.05) is 23.5 Å². The zero-order chi connectivity index (χ0) is 26.1. The van der Waals surface area contributed by atoms with Crippen molar-refractivity contribution < 1.29 is 4.39 Å². The molecule has 1 aromatic heterocycles. The molecule has 0 radical (unpaired) electrons. The van der Waals surface area contributed by atoms with Crippen LogP contribution in [0.3, 0.4) is 0 Å². The number of nitrogens with zero attached hydrogens (tertiary/aromatic N) is 3. The molecule has 1 saturated carbocycles. The van der Waals surface area contributed by atoms with Gasteiger partial charge in [-0.2, -0.15) is 5.26 Å². The first-order chi connectivity index (χ1) is 18.1. The highest BCUT2D eigenvalue weighted by Gasteiger charge is 2.40. The van der Waals surface area contributed by atoms with E-state index in [0.717, 1.165) is 17.0 Å². The van der Waals surface area contributed by atoms with Gasteiger partial charge in [0.05, 0.1) is 5.56 Å². The summed E-state index contributed by atoms with van der Waals surface area (Å²) in [6.07, 6.45) is 19.5. The second kappa shape index (κ2) is 13.0. The summed E-state index contributed by atoms with van der Waals surface area (Å²) in [4.78, 5) is 8.98. The van der Waals surface area contributed by atoms with Crippen LogP contribution in [0.4, 0.5) is 4.39 Å². The number of hydrogen-bond acceptors (Lipinski definition) is 3. The van der Waals surface area contributed by atoms with Crippen LogP contribution < -0.4 is 0 Å². The van der Waals surface area contributed by atoms with Crippen molar-refractivity contribution in [3.63, 3.8) is 0 Å². The molecule has 194 valence electrons. The first-order valence-electron chi connectivity index (χ1n) is 14.2. The summed E-state index contributed by atoms with van der Waals surface area (Å²) in [5.74, 6) is 0.665. The van der Waals surface area contributed by atoms with E-state index in [2.05, 4.69) is 48.1 Å². The van der Waals surface area contributed by atoms with Gasteiger partial charge in [0.15, 0.2) is 5.82 Å². The van der Waals surface area contributed by atoms with E-state index in [1.807, 2.05) is 6.07 Å². The van der Waals surface area contributed by atoms with Gasteiger partial charge in [0.1, 0.15) is 11.9 Å². The molecular weight excluding hydrogens is 457 g/mol. The monoisotopic (exact) mass is 497 g/mol. The summed E-state index contributed by atoms with van der Waals surface area (Å²) >= 11 is 0. The first-order valence-corrected chi connectivity index (χ1v) is 14.2. The van der Waals surface area contributed by atoms with Crippen molar-refractivity contribution in [1.82, 2.24) is 9.97 Å². The molecule has 1 fully saturated rings. The van der Waals surface area contributed by atoms with Crippen LogP contribution in [0.15, 0.2) is 54.9 Å². The molecule has 0 spiro atoms. The fourth-order valence-corrected chi connectivity index (χ4v) is 6.34. The van der Waals surface area contributed by atoms with Crippen LogP contribution in [0.2, 0.25) is 0 Å². The standard InChI is InChI=1S/C33H40FN3/c1-3-5-6-8-12-29(11-4-2)33(19-9-7-10-20-33)30-17-15-25(16-18-30)28-23-36-32(37-24-28)26-13-14-27(22-35)31(34)21-26/h13-18,21,23-24,29H,3-12,19-20H2,1-2H3. The van der Waals surface area contributed by atoms with Crippen molar-refractivity contribution in [2.45, 2.75) is 96.3 Å². The molecular formula is C33H40FN3. The van der Waals surface area contributed by atoms with Crippen LogP contribution in [0.5, 0.6) is 0 Å². The highest BCUT2D eigenvalue weighted by molar-refractivity contribution is 5.64. The van der Waals surface area contributed by atoms with Crippen molar-refractivity contribution >= 4 is 0 Å². The molecule has 0 saturated heterocycles. The van der Waals surface area contributed by atoms with Gasteiger partial charge in [-0.3, -0.25) is 0 Å². The maximum atomic E-state index is 14.0. The Balaban J connectivity index is 1.55. The third-order valence-corrected chi connectivity index (χ3v) is 8.36. The molecule has 1 atom stereocenters. The predicted molar refractivity (Wildman–Crippen MR) is 149 cm³/mol. The number of aromatic nitrogens is 2. The first kappa shape index (κ1) is 27.0. The topological polar surface area (TPSA) is 49.6 Å². The van der Waals surface area contributed by atoms with E-state index in [-0.39, 0.29) is 5.56 Å². The second-order valence-corrected chi connectivity index (χ2v) is 10.7. The molecule has 0 amide bonds. The highest BCUT2D eigenvalue weighted by Crippen LogP contribution is 2.49. The van der Waals surface area contributed by atoms with Gasteiger partial charge in [-0.1, -0.05) is 89.5 Å². The number of halogens is 1. The Morgan fingerprint density at radius 3 is 2.16 bits per heavy atom. The van der Waals surface area contributed by atoms with Crippen LogP contribution in [-0.2, 0) is 5.41 Å². The molecule has 1 heterocycles. The maximum Gasteiger partial charge on any atom is 0.159 e. The second-order valence-electron chi connectivity index (χ2n) is 10.7. The minimum absolute atomic E-state index is 0.0262. The van der Waals surface area contributed by atoms with E-state index >= 15 is 0 Å². The van der Waals surface area contributed by atoms with E-state index in [0.29, 0.717) is 16.8 Å². The number of rotatable bonds is 11. The summed E-state index contributed by atoms with van der Waals surface area (Å²) in [5.41, 5.74) is 4.46. The van der Waals surface area contributed by atoms with Crippen LogP contribution >= 0.6 is 0 Å². The average molecular weight is 498 g/mol. The average Bonchev–Trinajstić information content (AvgIpc) is 2.95. The highest BCUT2D eigenvalue weighted by atomic mass is 19.1. The maximum absolute atomic E-state index is 14.0. The molecule has 0 bridgehead atoms. The minimum Gasteiger partial charge on any atom is -0.236 e. The fraction of sp³-hybridized carbons (Fsp3) is 0.485. The zero-order valence-corrected chi connectivity index (χ0v) is 22.5. The molecule has 1 aliphatic rings. The molecule has 2 aromatic carbocycles. The van der Waals surface area contributed by atoms with Gasteiger partial charge in [-0.15, -0.1) is 0 Å². The Hall–Kier alpha value is -3.06. The lowest BCUT2D eigenvalue weighted by Crippen LogP contribution is -2.37. The van der Waals surface area contributed by atoms with Crippen molar-refractivity contribution in [2.24, 2.45) is 5.92 Å². The normalized spacial score (nSPS) is 15.7. The van der Waals surface area contributed by atoms with E-state index in [4.69, 9.17) is 5.26 Å². The molecule has 1 aliphatic carbocycles. The number of nitriles is 1. The fourth-order valence-electron chi connectivity index (χ4n) is 6.34. The van der Waals surface area contributed by atoms with Gasteiger partial charge >= 0.3 is 0 Å². The lowest BCUT2D eigenvalue weighted by atomic mass is 9.59. The van der Waals surface area contributed by atoms with Gasteiger partial charge in [-0.05, 0) is 66.3 Å². The summed E-state index contributed by atoms with van der Waals surface area (Å²) in [6.45, 7) is 4.63. The van der Waals surface area contributed by atoms with Gasteiger partial charge in [0.2, 0.25) is 0 Å². The minimum atomic E-state index is -0.549. The van der Waals surface area contributed by atoms with Crippen molar-refractivity contribution in [3.05, 3.63) is 71.8 Å². The van der Waals surface area contributed by atoms with Crippen molar-refractivity contribution in [1.29, 1.82) is 5.26 Å². The summed E-state index contributed by atoms with van der Waals surface area (Å²) in [5, 5.41) is 8.95. The van der Waals surface area contributed by atoms with E-state index in [1.54, 1.807) is 18.5 Å². The molecule has 0 N–H and O–H groups in total. The predicted octanol–water partition coefficient (Wildman–Crippen LogP) is 9.41. The smallest absolute Gasteiger partial charge is 0.159 e. The zero-order valence-electron chi connectivity index (χ0n) is 22.5. The summed E-state index contributed by atoms with van der Waals surface area (Å²) in [7, 11) is 0. The Bertz CT molecular complexity index is 1170. The molecule has 4 rings (SSSR count). The van der Waals surface area contributed by atoms with Crippen molar-refractivity contribution in [3.8, 4) is 28.6 Å². The molecule has 37 heavy (non-hydrogen) atoms. The molecule has 1 unspecified atom stereocenters. The van der Waals surface area contributed by atoms with Gasteiger partial charge < -0.3 is 0 Å². The number of hydrogen-bond donors (Lipinski definition) is 0. The Labute approximate surface area is 222 Å². The van der Waals surface area contributed by atoms with E-state index < -0.39 is 5.82 Å². The van der Waals surface area contributed by atoms with Crippen LogP contribution in [0.1, 0.15) is 102 Å². The third-order valence-electron chi connectivity index (χ3n) is 8.36. The largest absolute Gasteiger partial charge is 0.236 e. The summed E-state index contributed by atoms with van der Waals surface area (Å²) < 4.78 is 14.0. The Morgan fingerprint density at radius 2 is 1.54 bits per heavy atom. The molecule has 0 aliphatic heterocycles. The van der Waals surface area contributed by atoms with Gasteiger partial charge in [-0.25, -0.2) is 14.4 Å². The Morgan fingerprint density at radius 1 is 0.838 bits per heavy atom. The van der Waals surface area contributed by atoms with Crippen LogP contribution in [0.25, 0.3) is 22.5 Å². The third kappa shape index (κ3) is 6.27. The Kier molecular flexibility index (Phi) is 9.45. The number of benzene rings is 2. The molecule has 4 heteroatoms. The van der Waals surface area contributed by atoms with Gasteiger partial charge in [0.25, 0.3) is 0 Å². The molecule has 3 aromatic rings. The molecule has 3 nitrogen and oxygen atoms in total. The van der Waals surface area contributed by atoms with Crippen molar-refractivity contribution in [2.75, 3.05) is 0 Å². The van der Waals surface area contributed by atoms with Crippen LogP contribution in [0, 0.1) is 23.1 Å². The number of unbranched alkanes of at least 4 members (excludes halogenated alkanes) is 3. The lowest BCUT2D eigenvalue weighted by Gasteiger charge is -2.45. The SMILES string of the molecule is CCCCCCC(CCC)C1(c2ccc(-c3cnc(-c4ccc(C#N)c(F)c4)nc3)cc2)CCCCC1. The summed E-state index contributed by atoms with van der Waals surface area (Å²) in [6, 6.07) is 15.5. The van der Waals surface area contributed by atoms with Crippen LogP contribution in [-0.4, -0.2) is 9.97 Å².